The number of hydrogen-bond donors (Lipinski definition) is 1. The molecule has 1 atom stereocenters. The van der Waals surface area contributed by atoms with E-state index in [9.17, 15) is 4.79 Å². The van der Waals surface area contributed by atoms with Crippen molar-refractivity contribution in [3.8, 4) is 5.75 Å². The molecule has 1 aromatic rings. The molecule has 14 heavy (non-hydrogen) atoms. The summed E-state index contributed by atoms with van der Waals surface area (Å²) in [5.41, 5.74) is 1.99. The van der Waals surface area contributed by atoms with E-state index in [0.717, 1.165) is 11.1 Å². The average Bonchev–Trinajstić information content (AvgIpc) is 2.16. The van der Waals surface area contributed by atoms with Gasteiger partial charge in [0.25, 0.3) is 6.29 Å². The fourth-order valence-corrected chi connectivity index (χ4v) is 1.37. The predicted octanol–water partition coefficient (Wildman–Crippen LogP) is 1.31. The van der Waals surface area contributed by atoms with Crippen LogP contribution in [0, 0.1) is 6.92 Å². The number of benzene rings is 1. The number of ether oxygens (including phenoxy) is 2. The Bertz CT molecular complexity index is 372. The number of carbonyl (C=O) groups is 1. The van der Waals surface area contributed by atoms with Crippen molar-refractivity contribution in [2.75, 3.05) is 0 Å². The minimum atomic E-state index is -1.18. The van der Waals surface area contributed by atoms with E-state index in [2.05, 4.69) is 0 Å². The molecule has 1 heterocycles. The van der Waals surface area contributed by atoms with Gasteiger partial charge in [0.1, 0.15) is 5.75 Å². The molecule has 1 N–H and O–H groups in total. The number of aliphatic carboxylic acids is 1. The summed E-state index contributed by atoms with van der Waals surface area (Å²) in [6, 6.07) is 5.57. The third-order valence-corrected chi connectivity index (χ3v) is 2.04. The lowest BCUT2D eigenvalue weighted by Gasteiger charge is -2.23. The number of carboxylic acids is 1. The molecule has 1 aliphatic rings. The SMILES string of the molecule is Cc1ccc2c(c1)COC(C(=O)O)O2. The van der Waals surface area contributed by atoms with E-state index in [1.165, 1.54) is 0 Å². The zero-order valence-electron chi connectivity index (χ0n) is 7.69. The highest BCUT2D eigenvalue weighted by Crippen LogP contribution is 2.26. The summed E-state index contributed by atoms with van der Waals surface area (Å²) in [6.07, 6.45) is -1.18. The van der Waals surface area contributed by atoms with Crippen LogP contribution in [0.3, 0.4) is 0 Å². The van der Waals surface area contributed by atoms with Gasteiger partial charge in [-0.3, -0.25) is 0 Å². The van der Waals surface area contributed by atoms with E-state index < -0.39 is 12.3 Å². The van der Waals surface area contributed by atoms with Gasteiger partial charge in [-0.25, -0.2) is 4.79 Å². The lowest BCUT2D eigenvalue weighted by atomic mass is 10.1. The summed E-state index contributed by atoms with van der Waals surface area (Å²) in [5, 5.41) is 8.67. The third kappa shape index (κ3) is 1.56. The second-order valence-corrected chi connectivity index (χ2v) is 3.21. The Morgan fingerprint density at radius 1 is 1.57 bits per heavy atom. The van der Waals surface area contributed by atoms with E-state index in [1.54, 1.807) is 6.07 Å². The van der Waals surface area contributed by atoms with Crippen LogP contribution < -0.4 is 4.74 Å². The van der Waals surface area contributed by atoms with Crippen LogP contribution in [0.15, 0.2) is 18.2 Å². The van der Waals surface area contributed by atoms with E-state index in [4.69, 9.17) is 14.6 Å². The Labute approximate surface area is 81.1 Å². The monoisotopic (exact) mass is 194 g/mol. The van der Waals surface area contributed by atoms with Gasteiger partial charge in [0.2, 0.25) is 0 Å². The van der Waals surface area contributed by atoms with Crippen LogP contribution >= 0.6 is 0 Å². The van der Waals surface area contributed by atoms with Gasteiger partial charge in [-0.1, -0.05) is 17.7 Å². The van der Waals surface area contributed by atoms with E-state index in [-0.39, 0.29) is 6.61 Å². The standard InChI is InChI=1S/C10H10O4/c1-6-2-3-8-7(4-6)5-13-10(14-8)9(11)12/h2-4,10H,5H2,1H3,(H,11,12). The van der Waals surface area contributed by atoms with Crippen LogP contribution in [0.1, 0.15) is 11.1 Å². The summed E-state index contributed by atoms with van der Waals surface area (Å²) < 4.78 is 10.1. The molecular weight excluding hydrogens is 184 g/mol. The molecular formula is C10H10O4. The number of fused-ring (bicyclic) bond motifs is 1. The van der Waals surface area contributed by atoms with Crippen molar-refractivity contribution in [3.05, 3.63) is 29.3 Å². The van der Waals surface area contributed by atoms with Crippen molar-refractivity contribution in [1.82, 2.24) is 0 Å². The molecule has 2 rings (SSSR count). The number of aryl methyl sites for hydroxylation is 1. The molecule has 4 heteroatoms. The Kier molecular flexibility index (Phi) is 2.13. The average molecular weight is 194 g/mol. The van der Waals surface area contributed by atoms with Gasteiger partial charge in [-0.2, -0.15) is 0 Å². The van der Waals surface area contributed by atoms with Crippen LogP contribution in [0.2, 0.25) is 0 Å². The second kappa shape index (κ2) is 3.31. The van der Waals surface area contributed by atoms with Crippen molar-refractivity contribution < 1.29 is 19.4 Å². The summed E-state index contributed by atoms with van der Waals surface area (Å²) in [7, 11) is 0. The first-order valence-corrected chi connectivity index (χ1v) is 4.27. The van der Waals surface area contributed by atoms with Crippen molar-refractivity contribution in [3.63, 3.8) is 0 Å². The molecule has 74 valence electrons. The maximum Gasteiger partial charge on any atom is 0.373 e. The topological polar surface area (TPSA) is 55.8 Å². The minimum Gasteiger partial charge on any atom is -0.477 e. The fraction of sp³-hybridized carbons (Fsp3) is 0.300. The first-order chi connectivity index (χ1) is 6.66. The molecule has 0 saturated heterocycles. The van der Waals surface area contributed by atoms with Gasteiger partial charge in [-0.15, -0.1) is 0 Å². The Balaban J connectivity index is 2.27. The van der Waals surface area contributed by atoms with Crippen molar-refractivity contribution in [1.29, 1.82) is 0 Å². The summed E-state index contributed by atoms with van der Waals surface area (Å²) >= 11 is 0. The van der Waals surface area contributed by atoms with Crippen LogP contribution in [0.5, 0.6) is 5.75 Å². The van der Waals surface area contributed by atoms with Gasteiger partial charge < -0.3 is 14.6 Å². The molecule has 1 aliphatic heterocycles. The second-order valence-electron chi connectivity index (χ2n) is 3.21. The van der Waals surface area contributed by atoms with Gasteiger partial charge >= 0.3 is 5.97 Å². The zero-order chi connectivity index (χ0) is 10.1. The third-order valence-electron chi connectivity index (χ3n) is 2.04. The molecule has 1 unspecified atom stereocenters. The van der Waals surface area contributed by atoms with Crippen LogP contribution in [-0.2, 0) is 16.1 Å². The lowest BCUT2D eigenvalue weighted by molar-refractivity contribution is -0.177. The molecule has 0 fully saturated rings. The highest BCUT2D eigenvalue weighted by molar-refractivity contribution is 5.71. The van der Waals surface area contributed by atoms with E-state index in [1.807, 2.05) is 19.1 Å². The van der Waals surface area contributed by atoms with E-state index in [0.29, 0.717) is 5.75 Å². The summed E-state index contributed by atoms with van der Waals surface area (Å²) in [4.78, 5) is 10.6. The van der Waals surface area contributed by atoms with Crippen molar-refractivity contribution in [2.24, 2.45) is 0 Å². The molecule has 0 bridgehead atoms. The Morgan fingerprint density at radius 3 is 3.07 bits per heavy atom. The molecule has 0 aliphatic carbocycles. The maximum atomic E-state index is 10.6. The molecule has 0 amide bonds. The summed E-state index contributed by atoms with van der Waals surface area (Å²) in [5.74, 6) is -0.509. The van der Waals surface area contributed by atoms with Crippen LogP contribution in [0.25, 0.3) is 0 Å². The molecule has 0 aromatic heterocycles. The fourth-order valence-electron chi connectivity index (χ4n) is 1.37. The highest BCUT2D eigenvalue weighted by Gasteiger charge is 2.26. The van der Waals surface area contributed by atoms with E-state index >= 15 is 0 Å². The highest BCUT2D eigenvalue weighted by atomic mass is 16.7. The maximum absolute atomic E-state index is 10.6. The summed E-state index contributed by atoms with van der Waals surface area (Å²) in [6.45, 7) is 2.25. The molecule has 0 spiro atoms. The molecule has 0 radical (unpaired) electrons. The van der Waals surface area contributed by atoms with Gasteiger partial charge in [0.15, 0.2) is 0 Å². The zero-order valence-corrected chi connectivity index (χ0v) is 7.69. The quantitative estimate of drug-likeness (QED) is 0.732. The first-order valence-electron chi connectivity index (χ1n) is 4.27. The minimum absolute atomic E-state index is 0.286. The van der Waals surface area contributed by atoms with Crippen LogP contribution in [-0.4, -0.2) is 17.4 Å². The van der Waals surface area contributed by atoms with Gasteiger partial charge in [0, 0.05) is 5.56 Å². The predicted molar refractivity (Wildman–Crippen MR) is 48.0 cm³/mol. The lowest BCUT2D eigenvalue weighted by Crippen LogP contribution is -2.33. The van der Waals surface area contributed by atoms with Crippen molar-refractivity contribution in [2.45, 2.75) is 19.8 Å². The Morgan fingerprint density at radius 2 is 2.36 bits per heavy atom. The molecule has 1 aromatic carbocycles. The van der Waals surface area contributed by atoms with Crippen LogP contribution in [0.4, 0.5) is 0 Å². The number of hydrogen-bond acceptors (Lipinski definition) is 3. The normalized spacial score (nSPS) is 19.6. The molecule has 0 saturated carbocycles. The molecule has 4 nitrogen and oxygen atoms in total. The number of rotatable bonds is 1. The van der Waals surface area contributed by atoms with Gasteiger partial charge in [-0.05, 0) is 13.0 Å². The Hall–Kier alpha value is -1.55. The largest absolute Gasteiger partial charge is 0.477 e. The van der Waals surface area contributed by atoms with Crippen molar-refractivity contribution >= 4 is 5.97 Å². The smallest absolute Gasteiger partial charge is 0.373 e. The number of carboxylic acid groups (broad SMARTS) is 1. The van der Waals surface area contributed by atoms with Gasteiger partial charge in [0.05, 0.1) is 6.61 Å². The first kappa shape index (κ1) is 9.02.